The fraction of sp³-hybridized carbons (Fsp3) is 0.105. The Hall–Kier alpha value is -5.66. The minimum atomic E-state index is -0.338. The van der Waals surface area contributed by atoms with Crippen LogP contribution >= 0.6 is 0 Å². The van der Waals surface area contributed by atoms with Gasteiger partial charge in [-0.3, -0.25) is 4.99 Å². The molecule has 224 valence electrons. The van der Waals surface area contributed by atoms with Crippen LogP contribution in [0.5, 0.6) is 11.5 Å². The summed E-state index contributed by atoms with van der Waals surface area (Å²) in [6.07, 6.45) is 1.62. The van der Waals surface area contributed by atoms with Crippen molar-refractivity contribution in [1.82, 2.24) is 0 Å². The van der Waals surface area contributed by atoms with E-state index in [0.29, 0.717) is 28.3 Å². The molecule has 0 unspecified atom stereocenters. The van der Waals surface area contributed by atoms with Crippen molar-refractivity contribution in [2.45, 2.75) is 19.6 Å². The summed E-state index contributed by atoms with van der Waals surface area (Å²) >= 11 is 0. The van der Waals surface area contributed by atoms with Crippen LogP contribution in [0.2, 0.25) is 0 Å². The maximum absolute atomic E-state index is 12.6. The highest BCUT2D eigenvalue weighted by atomic mass is 16.5. The number of anilines is 2. The van der Waals surface area contributed by atoms with Gasteiger partial charge in [0.2, 0.25) is 0 Å². The maximum Gasteiger partial charge on any atom is 0.323 e. The van der Waals surface area contributed by atoms with Crippen molar-refractivity contribution in [3.63, 3.8) is 0 Å². The number of carbonyl (C=O) groups excluding carboxylic acids is 1. The normalized spacial score (nSPS) is 12.0. The maximum atomic E-state index is 12.6. The minimum Gasteiger partial charge on any atom is -0.507 e. The van der Waals surface area contributed by atoms with Crippen molar-refractivity contribution in [2.24, 2.45) is 4.99 Å². The summed E-state index contributed by atoms with van der Waals surface area (Å²) in [6, 6.07) is 37.9. The van der Waals surface area contributed by atoms with Crippen molar-refractivity contribution < 1.29 is 19.7 Å². The fourth-order valence-corrected chi connectivity index (χ4v) is 5.31. The third-order valence-corrected chi connectivity index (χ3v) is 7.54. The minimum absolute atomic E-state index is 0.0828. The lowest BCUT2D eigenvalue weighted by atomic mass is 9.90. The van der Waals surface area contributed by atoms with Gasteiger partial charge in [-0.2, -0.15) is 0 Å². The van der Waals surface area contributed by atoms with Gasteiger partial charge in [0.05, 0.1) is 12.6 Å². The first kappa shape index (κ1) is 29.4. The molecular weight excluding hydrogens is 562 g/mol. The Labute approximate surface area is 261 Å². The van der Waals surface area contributed by atoms with Crippen LogP contribution in [0.15, 0.2) is 126 Å². The van der Waals surface area contributed by atoms with Crippen LogP contribution in [-0.4, -0.2) is 35.1 Å². The van der Waals surface area contributed by atoms with Gasteiger partial charge < -0.3 is 25.6 Å². The number of carbonyl (C=O) groups is 1. The molecule has 0 aliphatic rings. The molecule has 6 rings (SSSR count). The number of hydrogen-bond donors (Lipinski definition) is 4. The largest absolute Gasteiger partial charge is 0.507 e. The number of aliphatic imine (C=N–C) groups is 1. The van der Waals surface area contributed by atoms with E-state index in [9.17, 15) is 15.0 Å². The van der Waals surface area contributed by atoms with Crippen molar-refractivity contribution in [1.29, 1.82) is 0 Å². The molecule has 0 saturated carbocycles. The van der Waals surface area contributed by atoms with Gasteiger partial charge in [0.25, 0.3) is 0 Å². The monoisotopic (exact) mass is 595 g/mol. The summed E-state index contributed by atoms with van der Waals surface area (Å²) in [5.41, 5.74) is 4.16. The average Bonchev–Trinajstić information content (AvgIpc) is 3.07. The Morgan fingerprint density at radius 1 is 0.778 bits per heavy atom. The number of hydrogen-bond acceptors (Lipinski definition) is 5. The third-order valence-electron chi connectivity index (χ3n) is 7.54. The molecule has 0 fully saturated rings. The van der Waals surface area contributed by atoms with Gasteiger partial charge in [-0.15, -0.1) is 0 Å². The predicted molar refractivity (Wildman–Crippen MR) is 183 cm³/mol. The molecule has 0 aliphatic carbocycles. The molecule has 0 aromatic heterocycles. The second kappa shape index (κ2) is 13.3. The van der Waals surface area contributed by atoms with Crippen LogP contribution in [0.3, 0.4) is 0 Å². The van der Waals surface area contributed by atoms with Gasteiger partial charge >= 0.3 is 6.03 Å². The molecule has 7 nitrogen and oxygen atoms in total. The van der Waals surface area contributed by atoms with Crippen molar-refractivity contribution in [3.8, 4) is 22.6 Å². The van der Waals surface area contributed by atoms with Gasteiger partial charge in [0.15, 0.2) is 0 Å². The lowest BCUT2D eigenvalue weighted by Crippen LogP contribution is -2.19. The number of amides is 2. The van der Waals surface area contributed by atoms with Crippen molar-refractivity contribution >= 4 is 45.2 Å². The second-order valence-electron chi connectivity index (χ2n) is 10.8. The predicted octanol–water partition coefficient (Wildman–Crippen LogP) is 8.39. The van der Waals surface area contributed by atoms with Crippen LogP contribution in [0.4, 0.5) is 16.2 Å². The number of aliphatic hydroxyl groups excluding tert-OH is 1. The molecule has 6 aromatic carbocycles. The molecule has 6 aromatic rings. The van der Waals surface area contributed by atoms with E-state index in [1.807, 2.05) is 128 Å². The van der Waals surface area contributed by atoms with E-state index in [1.54, 1.807) is 6.21 Å². The molecule has 0 bridgehead atoms. The fourth-order valence-electron chi connectivity index (χ4n) is 5.31. The number of ether oxygens (including phenoxy) is 1. The Balaban J connectivity index is 1.37. The first-order valence-electron chi connectivity index (χ1n) is 14.8. The number of nitrogens with zero attached hydrogens (tertiary/aromatic N) is 1. The van der Waals surface area contributed by atoms with Gasteiger partial charge in [0.1, 0.15) is 18.1 Å². The Kier molecular flexibility index (Phi) is 8.71. The van der Waals surface area contributed by atoms with E-state index in [1.165, 1.54) is 0 Å². The molecule has 7 heteroatoms. The zero-order chi connectivity index (χ0) is 31.2. The quantitative estimate of drug-likeness (QED) is 0.126. The van der Waals surface area contributed by atoms with Crippen LogP contribution in [0, 0.1) is 0 Å². The third kappa shape index (κ3) is 6.64. The van der Waals surface area contributed by atoms with Crippen LogP contribution < -0.4 is 15.4 Å². The number of fused-ring (bicyclic) bond motifs is 2. The summed E-state index contributed by atoms with van der Waals surface area (Å²) in [7, 11) is 0. The average molecular weight is 596 g/mol. The molecule has 0 spiro atoms. The molecule has 0 saturated heterocycles. The zero-order valence-corrected chi connectivity index (χ0v) is 24.8. The van der Waals surface area contributed by atoms with E-state index in [2.05, 4.69) is 15.6 Å². The SMILES string of the molecule is C[C@@H](CO)N=Cc1cc2ccccc2c(-c2c(OCc3cccc(NC(=O)Nc4ccccc4)c3)ccc3ccccc23)c1O. The summed E-state index contributed by atoms with van der Waals surface area (Å²) in [6.45, 7) is 1.95. The number of phenols is 1. The standard InChI is InChI=1S/C38H33N3O4/c1-25(23-42)39-22-29-21-28-12-6-8-17-33(28)36(37(29)43)35-32-16-7-5-11-27(32)18-19-34(35)45-24-26-10-9-15-31(20-26)41-38(44)40-30-13-3-2-4-14-30/h2-22,25,42-43H,23-24H2,1H3,(H2,40,41,44)/t25-/m0/s1. The number of rotatable bonds is 9. The Morgan fingerprint density at radius 2 is 1.44 bits per heavy atom. The summed E-state index contributed by atoms with van der Waals surface area (Å²) in [4.78, 5) is 17.0. The first-order valence-corrected chi connectivity index (χ1v) is 14.8. The molecule has 0 radical (unpaired) electrons. The number of urea groups is 1. The molecular formula is C38H33N3O4. The first-order chi connectivity index (χ1) is 22.0. The van der Waals surface area contributed by atoms with Crippen molar-refractivity contribution in [3.05, 3.63) is 132 Å². The van der Waals surface area contributed by atoms with Gasteiger partial charge in [0, 0.05) is 34.3 Å². The van der Waals surface area contributed by atoms with Crippen LogP contribution in [-0.2, 0) is 6.61 Å². The molecule has 4 N–H and O–H groups in total. The highest BCUT2D eigenvalue weighted by Gasteiger charge is 2.20. The molecule has 0 aliphatic heterocycles. The van der Waals surface area contributed by atoms with E-state index in [-0.39, 0.29) is 31.0 Å². The smallest absolute Gasteiger partial charge is 0.323 e. The van der Waals surface area contributed by atoms with E-state index in [0.717, 1.165) is 32.7 Å². The highest BCUT2D eigenvalue weighted by Crippen LogP contribution is 2.46. The lowest BCUT2D eigenvalue weighted by Gasteiger charge is -2.19. The Bertz CT molecular complexity index is 2010. The van der Waals surface area contributed by atoms with Crippen LogP contribution in [0.25, 0.3) is 32.7 Å². The number of aromatic hydroxyl groups is 1. The molecule has 0 heterocycles. The van der Waals surface area contributed by atoms with Gasteiger partial charge in [-0.05, 0) is 70.4 Å². The van der Waals surface area contributed by atoms with Gasteiger partial charge in [-0.1, -0.05) is 84.9 Å². The molecule has 45 heavy (non-hydrogen) atoms. The van der Waals surface area contributed by atoms with E-state index >= 15 is 0 Å². The summed E-state index contributed by atoms with van der Waals surface area (Å²) in [5, 5.41) is 30.7. The number of phenolic OH excluding ortho intramolecular Hbond substituents is 1. The van der Waals surface area contributed by atoms with E-state index in [4.69, 9.17) is 4.74 Å². The number of nitrogens with one attached hydrogen (secondary N) is 2. The summed E-state index contributed by atoms with van der Waals surface area (Å²) < 4.78 is 6.49. The van der Waals surface area contributed by atoms with Crippen molar-refractivity contribution in [2.75, 3.05) is 17.2 Å². The Morgan fingerprint density at radius 3 is 2.22 bits per heavy atom. The molecule has 2 amide bonds. The second-order valence-corrected chi connectivity index (χ2v) is 10.8. The van der Waals surface area contributed by atoms with E-state index < -0.39 is 0 Å². The number of benzene rings is 6. The van der Waals surface area contributed by atoms with Gasteiger partial charge in [-0.25, -0.2) is 4.79 Å². The highest BCUT2D eigenvalue weighted by molar-refractivity contribution is 6.12. The molecule has 1 atom stereocenters. The number of para-hydroxylation sites is 1. The number of aliphatic hydroxyl groups is 1. The zero-order valence-electron chi connectivity index (χ0n) is 24.8. The summed E-state index contributed by atoms with van der Waals surface area (Å²) in [5.74, 6) is 0.687. The topological polar surface area (TPSA) is 103 Å². The lowest BCUT2D eigenvalue weighted by molar-refractivity contribution is 0.262. The van der Waals surface area contributed by atoms with Crippen LogP contribution in [0.1, 0.15) is 18.1 Å².